The molecule has 3 aromatic rings. The maximum atomic E-state index is 9.57. The standard InChI is InChI=1S/C24H23N5O.C2H6/c25-13-18-14-28-16-22(24(18)29-19-5-4-12-27-15-19)23(26)17-8-10-21(11-9-17)30-20-6-2-1-3-7-20;1-2/h1-3,6-11,14,16,19,26-27H,4-5,12,15H2,(H,28,29);1-2H3. The Kier molecular flexibility index (Phi) is 8.36. The van der Waals surface area contributed by atoms with E-state index in [4.69, 9.17) is 10.1 Å². The van der Waals surface area contributed by atoms with E-state index >= 15 is 0 Å². The molecule has 164 valence electrons. The molecule has 1 aromatic heterocycles. The molecule has 1 atom stereocenters. The fraction of sp³-hybridized carbons (Fsp3) is 0.269. The van der Waals surface area contributed by atoms with Gasteiger partial charge in [-0.2, -0.15) is 5.26 Å². The summed E-state index contributed by atoms with van der Waals surface area (Å²) in [7, 11) is 0. The molecule has 1 unspecified atom stereocenters. The lowest BCUT2D eigenvalue weighted by Gasteiger charge is -2.26. The third-order valence-corrected chi connectivity index (χ3v) is 5.10. The van der Waals surface area contributed by atoms with E-state index in [1.54, 1.807) is 12.4 Å². The summed E-state index contributed by atoms with van der Waals surface area (Å²) in [5, 5.41) is 25.2. The van der Waals surface area contributed by atoms with Crippen molar-refractivity contribution < 1.29 is 4.74 Å². The molecule has 2 heterocycles. The van der Waals surface area contributed by atoms with Crippen LogP contribution in [0.1, 0.15) is 43.4 Å². The molecule has 0 saturated carbocycles. The van der Waals surface area contributed by atoms with Crippen LogP contribution in [-0.2, 0) is 0 Å². The van der Waals surface area contributed by atoms with Crippen molar-refractivity contribution in [3.05, 3.63) is 83.7 Å². The molecule has 1 saturated heterocycles. The van der Waals surface area contributed by atoms with Gasteiger partial charge in [0.05, 0.1) is 17.0 Å². The summed E-state index contributed by atoms with van der Waals surface area (Å²) in [4.78, 5) is 4.19. The van der Waals surface area contributed by atoms with Crippen molar-refractivity contribution in [3.63, 3.8) is 0 Å². The number of nitrogens with zero attached hydrogens (tertiary/aromatic N) is 2. The summed E-state index contributed by atoms with van der Waals surface area (Å²) in [5.41, 5.74) is 2.80. The number of nitrogens with one attached hydrogen (secondary N) is 3. The molecule has 1 aliphatic heterocycles. The summed E-state index contributed by atoms with van der Waals surface area (Å²) in [6.07, 6.45) is 5.31. The van der Waals surface area contributed by atoms with Crippen molar-refractivity contribution in [2.24, 2.45) is 0 Å². The number of aromatic nitrogens is 1. The highest BCUT2D eigenvalue weighted by atomic mass is 16.5. The summed E-state index contributed by atoms with van der Waals surface area (Å²) in [6, 6.07) is 19.4. The Balaban J connectivity index is 0.00000141. The van der Waals surface area contributed by atoms with E-state index in [9.17, 15) is 5.26 Å². The molecule has 0 aliphatic carbocycles. The van der Waals surface area contributed by atoms with Gasteiger partial charge in [0, 0.05) is 36.1 Å². The Morgan fingerprint density at radius 1 is 1.09 bits per heavy atom. The van der Waals surface area contributed by atoms with Gasteiger partial charge in [-0.15, -0.1) is 0 Å². The second-order valence-corrected chi connectivity index (χ2v) is 7.22. The van der Waals surface area contributed by atoms with E-state index in [1.165, 1.54) is 0 Å². The molecule has 0 bridgehead atoms. The van der Waals surface area contributed by atoms with Gasteiger partial charge in [-0.05, 0) is 55.8 Å². The first-order valence-corrected chi connectivity index (χ1v) is 11.0. The fourth-order valence-corrected chi connectivity index (χ4v) is 3.54. The first kappa shape index (κ1) is 23.0. The number of pyridine rings is 1. The molecule has 4 rings (SSSR count). The molecule has 6 nitrogen and oxygen atoms in total. The molecule has 32 heavy (non-hydrogen) atoms. The molecule has 0 spiro atoms. The Hall–Kier alpha value is -3.69. The minimum atomic E-state index is 0.224. The number of para-hydroxylation sites is 1. The summed E-state index contributed by atoms with van der Waals surface area (Å²) in [6.45, 7) is 5.85. The van der Waals surface area contributed by atoms with E-state index in [1.807, 2.05) is 68.4 Å². The van der Waals surface area contributed by atoms with Crippen LogP contribution in [0, 0.1) is 16.7 Å². The molecular formula is C26H29N5O. The van der Waals surface area contributed by atoms with E-state index in [0.717, 1.165) is 37.2 Å². The monoisotopic (exact) mass is 427 g/mol. The van der Waals surface area contributed by atoms with Crippen LogP contribution >= 0.6 is 0 Å². The van der Waals surface area contributed by atoms with Gasteiger partial charge < -0.3 is 15.4 Å². The van der Waals surface area contributed by atoms with Crippen molar-refractivity contribution in [2.45, 2.75) is 32.7 Å². The number of piperidine rings is 1. The second-order valence-electron chi connectivity index (χ2n) is 7.22. The van der Waals surface area contributed by atoms with Crippen LogP contribution in [0.3, 0.4) is 0 Å². The van der Waals surface area contributed by atoms with Gasteiger partial charge >= 0.3 is 0 Å². The fourth-order valence-electron chi connectivity index (χ4n) is 3.54. The average molecular weight is 428 g/mol. The zero-order valence-electron chi connectivity index (χ0n) is 18.6. The Bertz CT molecular complexity index is 1050. The van der Waals surface area contributed by atoms with Crippen LogP contribution in [0.15, 0.2) is 67.0 Å². The zero-order valence-corrected chi connectivity index (χ0v) is 18.6. The number of benzene rings is 2. The number of ether oxygens (including phenoxy) is 1. The lowest BCUT2D eigenvalue weighted by Crippen LogP contribution is -2.39. The smallest absolute Gasteiger partial charge is 0.127 e. The highest BCUT2D eigenvalue weighted by molar-refractivity contribution is 6.14. The third kappa shape index (κ3) is 5.71. The number of rotatable bonds is 6. The van der Waals surface area contributed by atoms with Gasteiger partial charge in [0.2, 0.25) is 0 Å². The number of anilines is 1. The summed E-state index contributed by atoms with van der Waals surface area (Å²) in [5.74, 6) is 1.46. The van der Waals surface area contributed by atoms with Crippen molar-refractivity contribution in [2.75, 3.05) is 18.4 Å². The number of hydrogen-bond acceptors (Lipinski definition) is 6. The van der Waals surface area contributed by atoms with Crippen molar-refractivity contribution in [1.82, 2.24) is 10.3 Å². The molecular weight excluding hydrogens is 398 g/mol. The van der Waals surface area contributed by atoms with Gasteiger partial charge in [-0.25, -0.2) is 0 Å². The molecule has 0 radical (unpaired) electrons. The van der Waals surface area contributed by atoms with E-state index in [-0.39, 0.29) is 6.04 Å². The van der Waals surface area contributed by atoms with E-state index in [2.05, 4.69) is 21.7 Å². The topological polar surface area (TPSA) is 93.8 Å². The molecule has 1 fully saturated rings. The third-order valence-electron chi connectivity index (χ3n) is 5.10. The van der Waals surface area contributed by atoms with Gasteiger partial charge in [-0.1, -0.05) is 32.0 Å². The summed E-state index contributed by atoms with van der Waals surface area (Å²) < 4.78 is 5.83. The lowest BCUT2D eigenvalue weighted by molar-refractivity contribution is 0.480. The predicted octanol–water partition coefficient (Wildman–Crippen LogP) is 5.35. The van der Waals surface area contributed by atoms with Gasteiger partial charge in [0.25, 0.3) is 0 Å². The number of hydrogen-bond donors (Lipinski definition) is 3. The van der Waals surface area contributed by atoms with Crippen LogP contribution < -0.4 is 15.4 Å². The van der Waals surface area contributed by atoms with Gasteiger partial charge in [0.1, 0.15) is 17.6 Å². The maximum Gasteiger partial charge on any atom is 0.127 e. The highest BCUT2D eigenvalue weighted by Gasteiger charge is 2.19. The van der Waals surface area contributed by atoms with Crippen molar-refractivity contribution in [1.29, 1.82) is 10.7 Å². The van der Waals surface area contributed by atoms with Gasteiger partial charge in [0.15, 0.2) is 0 Å². The van der Waals surface area contributed by atoms with Crippen LogP contribution in [0.5, 0.6) is 11.5 Å². The van der Waals surface area contributed by atoms with Crippen LogP contribution in [0.4, 0.5) is 5.69 Å². The van der Waals surface area contributed by atoms with Crippen LogP contribution in [0.2, 0.25) is 0 Å². The second kappa shape index (κ2) is 11.6. The normalized spacial score (nSPS) is 15.0. The molecule has 6 heteroatoms. The quantitative estimate of drug-likeness (QED) is 0.461. The largest absolute Gasteiger partial charge is 0.457 e. The van der Waals surface area contributed by atoms with Gasteiger partial charge in [-0.3, -0.25) is 10.4 Å². The van der Waals surface area contributed by atoms with E-state index < -0.39 is 0 Å². The molecule has 3 N–H and O–H groups in total. The Morgan fingerprint density at radius 2 is 1.81 bits per heavy atom. The Morgan fingerprint density at radius 3 is 2.47 bits per heavy atom. The van der Waals surface area contributed by atoms with E-state index in [0.29, 0.717) is 28.3 Å². The summed E-state index contributed by atoms with van der Waals surface area (Å²) >= 11 is 0. The highest BCUT2D eigenvalue weighted by Crippen LogP contribution is 2.26. The first-order chi connectivity index (χ1) is 15.7. The molecule has 2 aromatic carbocycles. The predicted molar refractivity (Wildman–Crippen MR) is 129 cm³/mol. The SMILES string of the molecule is CC.N#Cc1cncc(C(=N)c2ccc(Oc3ccccc3)cc2)c1NC1CCCNC1. The van der Waals surface area contributed by atoms with Crippen LogP contribution in [-0.4, -0.2) is 29.8 Å². The Labute approximate surface area is 189 Å². The van der Waals surface area contributed by atoms with Crippen LogP contribution in [0.25, 0.3) is 0 Å². The first-order valence-electron chi connectivity index (χ1n) is 11.0. The number of nitriles is 1. The minimum Gasteiger partial charge on any atom is -0.457 e. The zero-order chi connectivity index (χ0) is 22.8. The molecule has 1 aliphatic rings. The lowest BCUT2D eigenvalue weighted by atomic mass is 9.99. The van der Waals surface area contributed by atoms with Crippen molar-refractivity contribution >= 4 is 11.4 Å². The maximum absolute atomic E-state index is 9.57. The minimum absolute atomic E-state index is 0.224. The van der Waals surface area contributed by atoms with Crippen molar-refractivity contribution in [3.8, 4) is 17.6 Å². The average Bonchev–Trinajstić information content (AvgIpc) is 2.87. The molecule has 0 amide bonds.